The number of ether oxygens (including phenoxy) is 2. The smallest absolute Gasteiger partial charge is 0.255 e. The van der Waals surface area contributed by atoms with Crippen molar-refractivity contribution >= 4 is 29.8 Å². The van der Waals surface area contributed by atoms with Crippen molar-refractivity contribution in [2.75, 3.05) is 19.5 Å². The Bertz CT molecular complexity index is 1210. The van der Waals surface area contributed by atoms with Crippen molar-refractivity contribution in [3.05, 3.63) is 105 Å². The van der Waals surface area contributed by atoms with Crippen LogP contribution in [-0.2, 0) is 0 Å². The minimum Gasteiger partial charge on any atom is -0.497 e. The zero-order valence-corrected chi connectivity index (χ0v) is 18.6. The molecule has 0 unspecified atom stereocenters. The molecule has 3 rings (SSSR count). The fourth-order valence-corrected chi connectivity index (χ4v) is 3.25. The zero-order valence-electron chi connectivity index (χ0n) is 18.6. The Morgan fingerprint density at radius 2 is 1.70 bits per heavy atom. The van der Waals surface area contributed by atoms with Crippen LogP contribution in [0.5, 0.6) is 11.5 Å². The molecule has 1 N–H and O–H groups in total. The number of hydrogen-bond donors (Lipinski definition) is 1. The summed E-state index contributed by atoms with van der Waals surface area (Å²) in [5.41, 5.74) is 4.36. The van der Waals surface area contributed by atoms with Crippen LogP contribution in [0.25, 0.3) is 18.2 Å². The molecule has 7 nitrogen and oxygen atoms in total. The Morgan fingerprint density at radius 1 is 0.970 bits per heavy atom. The topological polar surface area (TPSA) is 90.7 Å². The second-order valence-corrected chi connectivity index (χ2v) is 7.16. The molecule has 3 aromatic carbocycles. The van der Waals surface area contributed by atoms with Crippen LogP contribution < -0.4 is 14.8 Å². The quantitative estimate of drug-likeness (QED) is 0.274. The van der Waals surface area contributed by atoms with E-state index in [1.165, 1.54) is 13.2 Å². The maximum atomic E-state index is 12.5. The number of nitro groups is 1. The van der Waals surface area contributed by atoms with Gasteiger partial charge in [-0.25, -0.2) is 0 Å². The van der Waals surface area contributed by atoms with E-state index in [9.17, 15) is 14.9 Å². The van der Waals surface area contributed by atoms with E-state index < -0.39 is 4.92 Å². The third kappa shape index (κ3) is 6.07. The fraction of sp³-hybridized carbons (Fsp3) is 0.115. The highest BCUT2D eigenvalue weighted by Crippen LogP contribution is 2.31. The van der Waals surface area contributed by atoms with Gasteiger partial charge < -0.3 is 14.8 Å². The molecule has 33 heavy (non-hydrogen) atoms. The normalized spacial score (nSPS) is 11.0. The van der Waals surface area contributed by atoms with E-state index in [1.807, 2.05) is 61.5 Å². The molecule has 0 spiro atoms. The first kappa shape index (κ1) is 23.3. The van der Waals surface area contributed by atoms with Gasteiger partial charge in [0, 0.05) is 29.0 Å². The predicted molar refractivity (Wildman–Crippen MR) is 130 cm³/mol. The van der Waals surface area contributed by atoms with Gasteiger partial charge >= 0.3 is 0 Å². The van der Waals surface area contributed by atoms with Crippen molar-refractivity contribution in [2.24, 2.45) is 0 Å². The lowest BCUT2D eigenvalue weighted by Gasteiger charge is -2.11. The highest BCUT2D eigenvalue weighted by Gasteiger charge is 2.10. The molecule has 0 aliphatic carbocycles. The Hall–Kier alpha value is -4.39. The second-order valence-electron chi connectivity index (χ2n) is 7.16. The molecule has 0 aliphatic rings. The maximum Gasteiger partial charge on any atom is 0.255 e. The van der Waals surface area contributed by atoms with Crippen LogP contribution in [0.2, 0.25) is 0 Å². The molecule has 7 heteroatoms. The number of methoxy groups -OCH3 is 2. The van der Waals surface area contributed by atoms with E-state index in [2.05, 4.69) is 5.32 Å². The number of amides is 1. The number of nitrogens with one attached hydrogen (secondary N) is 1. The van der Waals surface area contributed by atoms with Gasteiger partial charge in [-0.1, -0.05) is 42.5 Å². The summed E-state index contributed by atoms with van der Waals surface area (Å²) in [6, 6.07) is 18.2. The summed E-state index contributed by atoms with van der Waals surface area (Å²) in [6.07, 6.45) is 5.95. The second kappa shape index (κ2) is 10.8. The van der Waals surface area contributed by atoms with Gasteiger partial charge in [-0.15, -0.1) is 0 Å². The van der Waals surface area contributed by atoms with E-state index in [4.69, 9.17) is 9.47 Å². The minimum atomic E-state index is -0.527. The number of anilines is 1. The number of carbonyl (C=O) groups excluding carboxylic acids is 1. The van der Waals surface area contributed by atoms with Crippen LogP contribution in [0, 0.1) is 17.0 Å². The predicted octanol–water partition coefficient (Wildman–Crippen LogP) is 5.68. The van der Waals surface area contributed by atoms with Crippen LogP contribution in [0.15, 0.2) is 66.9 Å². The molecule has 0 heterocycles. The number of carbonyl (C=O) groups is 1. The van der Waals surface area contributed by atoms with Crippen LogP contribution in [-0.4, -0.2) is 25.1 Å². The Balaban J connectivity index is 1.83. The summed E-state index contributed by atoms with van der Waals surface area (Å²) in [5.74, 6) is 0.863. The highest BCUT2D eigenvalue weighted by atomic mass is 16.6. The van der Waals surface area contributed by atoms with Crippen LogP contribution in [0.3, 0.4) is 0 Å². The van der Waals surface area contributed by atoms with Crippen LogP contribution >= 0.6 is 0 Å². The Morgan fingerprint density at radius 3 is 2.33 bits per heavy atom. The molecule has 0 aromatic heterocycles. The molecule has 1 amide bonds. The average molecular weight is 444 g/mol. The first-order chi connectivity index (χ1) is 15.9. The minimum absolute atomic E-state index is 0.165. The van der Waals surface area contributed by atoms with E-state index in [0.29, 0.717) is 33.9 Å². The van der Waals surface area contributed by atoms with Gasteiger partial charge in [0.05, 0.1) is 19.1 Å². The first-order valence-electron chi connectivity index (χ1n) is 10.1. The SMILES string of the molecule is COc1cc(/C=C/c2ccc(NC(=O)c3ccccc3C)cc2)c(/C=C/[N+](=O)[O-])c(OC)c1. The van der Waals surface area contributed by atoms with Gasteiger partial charge in [0.25, 0.3) is 5.91 Å². The lowest BCUT2D eigenvalue weighted by molar-refractivity contribution is -0.400. The number of benzene rings is 3. The average Bonchev–Trinajstić information content (AvgIpc) is 2.82. The molecule has 0 saturated carbocycles. The van der Waals surface area contributed by atoms with Crippen molar-refractivity contribution in [1.82, 2.24) is 0 Å². The van der Waals surface area contributed by atoms with E-state index in [1.54, 1.807) is 25.3 Å². The summed E-state index contributed by atoms with van der Waals surface area (Å²) < 4.78 is 10.7. The van der Waals surface area contributed by atoms with Crippen molar-refractivity contribution in [2.45, 2.75) is 6.92 Å². The molecule has 0 atom stereocenters. The summed E-state index contributed by atoms with van der Waals surface area (Å²) in [6.45, 7) is 1.89. The maximum absolute atomic E-state index is 12.5. The van der Waals surface area contributed by atoms with Crippen LogP contribution in [0.4, 0.5) is 5.69 Å². The summed E-state index contributed by atoms with van der Waals surface area (Å²) >= 11 is 0. The molecule has 0 aliphatic heterocycles. The molecular weight excluding hydrogens is 420 g/mol. The molecule has 0 bridgehead atoms. The molecular formula is C26H24N2O5. The largest absolute Gasteiger partial charge is 0.497 e. The van der Waals surface area contributed by atoms with Gasteiger partial charge in [-0.05, 0) is 47.9 Å². The van der Waals surface area contributed by atoms with Gasteiger partial charge in [-0.3, -0.25) is 14.9 Å². The van der Waals surface area contributed by atoms with Gasteiger partial charge in [0.1, 0.15) is 11.5 Å². The van der Waals surface area contributed by atoms with Crippen molar-refractivity contribution in [3.63, 3.8) is 0 Å². The summed E-state index contributed by atoms with van der Waals surface area (Å²) in [7, 11) is 3.04. The third-order valence-electron chi connectivity index (χ3n) is 4.98. The first-order valence-corrected chi connectivity index (χ1v) is 10.1. The Labute approximate surface area is 192 Å². The molecule has 3 aromatic rings. The lowest BCUT2D eigenvalue weighted by atomic mass is 10.0. The van der Waals surface area contributed by atoms with Gasteiger partial charge in [0.15, 0.2) is 0 Å². The van der Waals surface area contributed by atoms with Crippen molar-refractivity contribution in [1.29, 1.82) is 0 Å². The van der Waals surface area contributed by atoms with Crippen molar-refractivity contribution in [3.8, 4) is 11.5 Å². The van der Waals surface area contributed by atoms with Gasteiger partial charge in [-0.2, -0.15) is 0 Å². The highest BCUT2D eigenvalue weighted by molar-refractivity contribution is 6.05. The lowest BCUT2D eigenvalue weighted by Crippen LogP contribution is -2.13. The number of rotatable bonds is 8. The zero-order chi connectivity index (χ0) is 23.8. The number of aryl methyl sites for hydroxylation is 1. The molecule has 168 valence electrons. The molecule has 0 saturated heterocycles. The number of hydrogen-bond acceptors (Lipinski definition) is 5. The van der Waals surface area contributed by atoms with Gasteiger partial charge in [0.2, 0.25) is 6.20 Å². The molecule has 0 fully saturated rings. The number of nitrogens with zero attached hydrogens (tertiary/aromatic N) is 1. The summed E-state index contributed by atoms with van der Waals surface area (Å²) in [4.78, 5) is 22.8. The van der Waals surface area contributed by atoms with Crippen molar-refractivity contribution < 1.29 is 19.2 Å². The van der Waals surface area contributed by atoms with E-state index >= 15 is 0 Å². The third-order valence-corrected chi connectivity index (χ3v) is 4.98. The Kier molecular flexibility index (Phi) is 7.60. The van der Waals surface area contributed by atoms with Crippen LogP contribution in [0.1, 0.15) is 32.6 Å². The summed E-state index contributed by atoms with van der Waals surface area (Å²) in [5, 5.41) is 13.7. The standard InChI is InChI=1S/C26H24N2O5/c1-18-6-4-5-7-23(18)26(29)27-21-12-9-19(10-13-21)8-11-20-16-22(32-2)17-25(33-3)24(20)14-15-28(30)31/h4-17H,1-3H3,(H,27,29)/b11-8+,15-14+. The van der Waals surface area contributed by atoms with E-state index in [-0.39, 0.29) is 5.91 Å². The van der Waals surface area contributed by atoms with E-state index in [0.717, 1.165) is 17.3 Å². The fourth-order valence-electron chi connectivity index (χ4n) is 3.25. The monoisotopic (exact) mass is 444 g/mol. The molecule has 0 radical (unpaired) electrons.